The number of nitrogens with two attached hydrogens (primary N) is 1. The lowest BCUT2D eigenvalue weighted by atomic mass is 9.97. The summed E-state index contributed by atoms with van der Waals surface area (Å²) < 4.78 is 113. The lowest BCUT2D eigenvalue weighted by Gasteiger charge is -2.20. The number of rotatable bonds is 2. The zero-order valence-corrected chi connectivity index (χ0v) is 10.5. The van der Waals surface area contributed by atoms with Gasteiger partial charge < -0.3 is 5.73 Å². The first-order valence-corrected chi connectivity index (χ1v) is 4.87. The molecule has 0 radical (unpaired) electrons. The Morgan fingerprint density at radius 2 is 1.38 bits per heavy atom. The first-order chi connectivity index (χ1) is 8.85. The molecule has 1 nitrogen and oxygen atoms in total. The summed E-state index contributed by atoms with van der Waals surface area (Å²) in [6.07, 6.45) is -14.3. The first kappa shape index (κ1) is 19.8. The monoisotopic (exact) mass is 347 g/mol. The summed E-state index contributed by atoms with van der Waals surface area (Å²) in [5.74, 6) is -2.08. The Morgan fingerprint density at radius 3 is 1.71 bits per heavy atom. The molecule has 0 saturated carbocycles. The largest absolute Gasteiger partial charge is 0.416 e. The smallest absolute Gasteiger partial charge is 0.319 e. The molecule has 1 aromatic rings. The van der Waals surface area contributed by atoms with Gasteiger partial charge in [0.25, 0.3) is 6.43 Å². The Labute approximate surface area is 118 Å². The van der Waals surface area contributed by atoms with Gasteiger partial charge in [-0.25, -0.2) is 13.2 Å². The predicted molar refractivity (Wildman–Crippen MR) is 56.6 cm³/mol. The van der Waals surface area contributed by atoms with Gasteiger partial charge in [0.15, 0.2) is 0 Å². The van der Waals surface area contributed by atoms with Crippen molar-refractivity contribution in [3.8, 4) is 0 Å². The number of hydrogen-bond donors (Lipinski definition) is 1. The van der Waals surface area contributed by atoms with Crippen molar-refractivity contribution in [1.29, 1.82) is 0 Å². The molecule has 1 aromatic carbocycles. The van der Waals surface area contributed by atoms with Gasteiger partial charge >= 0.3 is 12.4 Å². The molecule has 0 aromatic heterocycles. The summed E-state index contributed by atoms with van der Waals surface area (Å²) in [5, 5.41) is 0. The van der Waals surface area contributed by atoms with Crippen LogP contribution in [0, 0.1) is 5.82 Å². The van der Waals surface area contributed by atoms with Crippen LogP contribution in [-0.2, 0) is 12.4 Å². The molecule has 2 N–H and O–H groups in total. The Kier molecular flexibility index (Phi) is 5.96. The van der Waals surface area contributed by atoms with Crippen LogP contribution < -0.4 is 5.73 Å². The van der Waals surface area contributed by atoms with E-state index in [1.54, 1.807) is 0 Å². The van der Waals surface area contributed by atoms with E-state index in [0.717, 1.165) is 0 Å². The SMILES string of the molecule is Cl.N[C@H](c1c(F)cc(C(F)(F)F)cc1C(F)(F)F)C(F)F. The highest BCUT2D eigenvalue weighted by molar-refractivity contribution is 5.85. The summed E-state index contributed by atoms with van der Waals surface area (Å²) in [5.41, 5.74) is -1.08. The maximum absolute atomic E-state index is 13.4. The van der Waals surface area contributed by atoms with E-state index >= 15 is 0 Å². The number of alkyl halides is 8. The average molecular weight is 348 g/mol. The zero-order chi connectivity index (χ0) is 15.9. The van der Waals surface area contributed by atoms with Gasteiger partial charge in [0.05, 0.1) is 17.2 Å². The fraction of sp³-hybridized carbons (Fsp3) is 0.400. The number of halogens is 10. The Bertz CT molecular complexity index is 495. The van der Waals surface area contributed by atoms with Crippen LogP contribution in [0.5, 0.6) is 0 Å². The van der Waals surface area contributed by atoms with E-state index in [1.165, 1.54) is 0 Å². The van der Waals surface area contributed by atoms with Crippen molar-refractivity contribution in [3.05, 3.63) is 34.6 Å². The standard InChI is InChI=1S/C10H6F9N.ClH/c11-5-2-3(9(14,15)16)1-4(10(17,18)19)6(5)7(20)8(12)13;/h1-2,7-8H,20H2;1H/t7-;/m1./s1. The van der Waals surface area contributed by atoms with Crippen molar-refractivity contribution in [1.82, 2.24) is 0 Å². The minimum Gasteiger partial charge on any atom is -0.319 e. The molecule has 0 amide bonds. The molecule has 0 saturated heterocycles. The molecule has 0 bridgehead atoms. The van der Waals surface area contributed by atoms with E-state index in [-0.39, 0.29) is 18.5 Å². The molecular weight excluding hydrogens is 341 g/mol. The fourth-order valence-corrected chi connectivity index (χ4v) is 1.48. The lowest BCUT2D eigenvalue weighted by Crippen LogP contribution is -2.25. The summed E-state index contributed by atoms with van der Waals surface area (Å²) in [4.78, 5) is 0. The summed E-state index contributed by atoms with van der Waals surface area (Å²) in [6, 6.07) is -3.43. The highest BCUT2D eigenvalue weighted by atomic mass is 35.5. The first-order valence-electron chi connectivity index (χ1n) is 4.87. The maximum Gasteiger partial charge on any atom is 0.416 e. The van der Waals surface area contributed by atoms with E-state index in [9.17, 15) is 39.5 Å². The molecule has 0 aliphatic carbocycles. The van der Waals surface area contributed by atoms with Gasteiger partial charge in [-0.3, -0.25) is 0 Å². The van der Waals surface area contributed by atoms with Gasteiger partial charge in [-0.05, 0) is 12.1 Å². The van der Waals surface area contributed by atoms with Crippen LogP contribution in [-0.4, -0.2) is 6.43 Å². The van der Waals surface area contributed by atoms with Crippen molar-refractivity contribution in [2.75, 3.05) is 0 Å². The van der Waals surface area contributed by atoms with Crippen molar-refractivity contribution in [3.63, 3.8) is 0 Å². The van der Waals surface area contributed by atoms with Crippen LogP contribution in [0.4, 0.5) is 39.5 Å². The molecule has 0 spiro atoms. The van der Waals surface area contributed by atoms with Gasteiger partial charge in [0.1, 0.15) is 5.82 Å². The normalized spacial score (nSPS) is 14.0. The highest BCUT2D eigenvalue weighted by Gasteiger charge is 2.42. The average Bonchev–Trinajstić information content (AvgIpc) is 2.24. The van der Waals surface area contributed by atoms with E-state index in [2.05, 4.69) is 0 Å². The summed E-state index contributed by atoms with van der Waals surface area (Å²) in [7, 11) is 0. The number of hydrogen-bond acceptors (Lipinski definition) is 1. The van der Waals surface area contributed by atoms with Crippen LogP contribution in [0.1, 0.15) is 22.7 Å². The fourth-order valence-electron chi connectivity index (χ4n) is 1.48. The minimum absolute atomic E-state index is 0. The zero-order valence-electron chi connectivity index (χ0n) is 9.70. The van der Waals surface area contributed by atoms with E-state index in [4.69, 9.17) is 5.73 Å². The summed E-state index contributed by atoms with van der Waals surface area (Å²) in [6.45, 7) is 0. The molecule has 122 valence electrons. The predicted octanol–water partition coefficient (Wildman–Crippen LogP) is 4.55. The van der Waals surface area contributed by atoms with Gasteiger partial charge in [-0.2, -0.15) is 26.3 Å². The van der Waals surface area contributed by atoms with Crippen LogP contribution >= 0.6 is 12.4 Å². The quantitative estimate of drug-likeness (QED) is 0.780. The van der Waals surface area contributed by atoms with Gasteiger partial charge in [-0.1, -0.05) is 0 Å². The Morgan fingerprint density at radius 1 is 0.905 bits per heavy atom. The minimum atomic E-state index is -5.45. The summed E-state index contributed by atoms with van der Waals surface area (Å²) >= 11 is 0. The third-order valence-corrected chi connectivity index (χ3v) is 2.37. The second-order valence-electron chi connectivity index (χ2n) is 3.78. The third kappa shape index (κ3) is 4.40. The van der Waals surface area contributed by atoms with Crippen molar-refractivity contribution in [2.45, 2.75) is 24.8 Å². The lowest BCUT2D eigenvalue weighted by molar-refractivity contribution is -0.144. The molecule has 0 aliphatic rings. The van der Waals surface area contributed by atoms with Crippen molar-refractivity contribution in [2.24, 2.45) is 5.73 Å². The molecule has 1 rings (SSSR count). The topological polar surface area (TPSA) is 26.0 Å². The highest BCUT2D eigenvalue weighted by Crippen LogP contribution is 2.40. The Hall–Kier alpha value is -1.16. The van der Waals surface area contributed by atoms with Crippen LogP contribution in [0.2, 0.25) is 0 Å². The molecule has 11 heteroatoms. The molecule has 0 fully saturated rings. The molecule has 0 unspecified atom stereocenters. The van der Waals surface area contributed by atoms with Crippen molar-refractivity contribution < 1.29 is 39.5 Å². The second kappa shape index (κ2) is 6.30. The van der Waals surface area contributed by atoms with E-state index < -0.39 is 53.4 Å². The van der Waals surface area contributed by atoms with Crippen LogP contribution in [0.25, 0.3) is 0 Å². The third-order valence-electron chi connectivity index (χ3n) is 2.37. The van der Waals surface area contributed by atoms with Crippen LogP contribution in [0.15, 0.2) is 12.1 Å². The van der Waals surface area contributed by atoms with E-state index in [1.807, 2.05) is 0 Å². The molecular formula is C10H7ClF9N. The maximum atomic E-state index is 13.4. The molecule has 0 aliphatic heterocycles. The molecule has 1 atom stereocenters. The van der Waals surface area contributed by atoms with Gasteiger partial charge in [-0.15, -0.1) is 12.4 Å². The Balaban J connectivity index is 0.00000400. The number of benzene rings is 1. The van der Waals surface area contributed by atoms with Crippen LogP contribution in [0.3, 0.4) is 0 Å². The van der Waals surface area contributed by atoms with Crippen molar-refractivity contribution >= 4 is 12.4 Å². The van der Waals surface area contributed by atoms with E-state index in [0.29, 0.717) is 0 Å². The van der Waals surface area contributed by atoms with Gasteiger partial charge in [0, 0.05) is 5.56 Å². The molecule has 21 heavy (non-hydrogen) atoms. The second-order valence-corrected chi connectivity index (χ2v) is 3.78. The van der Waals surface area contributed by atoms with Gasteiger partial charge in [0.2, 0.25) is 0 Å². The molecule has 0 heterocycles.